The van der Waals surface area contributed by atoms with Crippen LogP contribution < -0.4 is 10.2 Å². The molecule has 0 radical (unpaired) electrons. The maximum Gasteiger partial charge on any atom is 0.269 e. The largest absolute Gasteiger partial charge is 0.349 e. The highest BCUT2D eigenvalue weighted by Crippen LogP contribution is 2.23. The number of carbonyl (C=O) groups excluding carboxylic acids is 1. The van der Waals surface area contributed by atoms with Crippen molar-refractivity contribution in [3.63, 3.8) is 0 Å². The average Bonchev–Trinajstić information content (AvgIpc) is 2.69. The number of amides is 1. The molecule has 0 aliphatic carbocycles. The molecule has 0 saturated carbocycles. The molecule has 0 aromatic heterocycles. The van der Waals surface area contributed by atoms with Crippen molar-refractivity contribution in [2.24, 2.45) is 0 Å². The van der Waals surface area contributed by atoms with Gasteiger partial charge in [0.2, 0.25) is 0 Å². The predicted octanol–water partition coefficient (Wildman–Crippen LogP) is 2.49. The molecule has 2 heterocycles. The van der Waals surface area contributed by atoms with E-state index >= 15 is 0 Å². The number of piperidine rings is 2. The van der Waals surface area contributed by atoms with Gasteiger partial charge in [-0.05, 0) is 31.4 Å². The van der Waals surface area contributed by atoms with Gasteiger partial charge in [-0.1, -0.05) is 30.3 Å². The Hall–Kier alpha value is -2.73. The molecule has 2 unspecified atom stereocenters. The third-order valence-corrected chi connectivity index (χ3v) is 6.22. The summed E-state index contributed by atoms with van der Waals surface area (Å²) in [5.74, 6) is -0.135. The molecule has 146 valence electrons. The van der Waals surface area contributed by atoms with Crippen LogP contribution in [0.25, 0.3) is 0 Å². The van der Waals surface area contributed by atoms with Crippen LogP contribution in [0.1, 0.15) is 48.0 Å². The van der Waals surface area contributed by atoms with E-state index in [9.17, 15) is 14.9 Å². The zero-order valence-electron chi connectivity index (χ0n) is 15.8. The van der Waals surface area contributed by atoms with E-state index in [1.54, 1.807) is 4.90 Å². The molecular weight excluding hydrogens is 354 g/mol. The minimum absolute atomic E-state index is 0.00361. The van der Waals surface area contributed by atoms with Gasteiger partial charge in [0.1, 0.15) is 6.54 Å². The van der Waals surface area contributed by atoms with Crippen LogP contribution >= 0.6 is 0 Å². The third kappa shape index (κ3) is 4.07. The first-order valence-corrected chi connectivity index (χ1v) is 10.0. The highest BCUT2D eigenvalue weighted by molar-refractivity contribution is 5.94. The molecule has 2 aromatic carbocycles. The minimum atomic E-state index is -0.450. The number of fused-ring (bicyclic) bond motifs is 2. The van der Waals surface area contributed by atoms with Gasteiger partial charge in [-0.3, -0.25) is 14.9 Å². The normalized spacial score (nSPS) is 26.4. The summed E-state index contributed by atoms with van der Waals surface area (Å²) in [7, 11) is 0. The summed E-state index contributed by atoms with van der Waals surface area (Å²) in [6.07, 6.45) is 5.69. The molecule has 2 aliphatic rings. The van der Waals surface area contributed by atoms with Crippen molar-refractivity contribution >= 4 is 11.6 Å². The Bertz CT molecular complexity index is 824. The maximum atomic E-state index is 12.6. The second-order valence-electron chi connectivity index (χ2n) is 8.01. The molecule has 4 atom stereocenters. The molecule has 6 heteroatoms. The number of rotatable bonds is 5. The molecule has 2 aromatic rings. The quantitative estimate of drug-likeness (QED) is 0.618. The Labute approximate surface area is 164 Å². The number of hydrogen-bond donors (Lipinski definition) is 2. The molecule has 2 saturated heterocycles. The summed E-state index contributed by atoms with van der Waals surface area (Å²) >= 11 is 0. The van der Waals surface area contributed by atoms with Crippen molar-refractivity contribution in [1.82, 2.24) is 5.32 Å². The van der Waals surface area contributed by atoms with Crippen molar-refractivity contribution in [1.29, 1.82) is 0 Å². The van der Waals surface area contributed by atoms with E-state index in [0.29, 0.717) is 17.6 Å². The fourth-order valence-corrected chi connectivity index (χ4v) is 4.88. The topological polar surface area (TPSA) is 76.7 Å². The first-order valence-electron chi connectivity index (χ1n) is 10.0. The van der Waals surface area contributed by atoms with Crippen molar-refractivity contribution in [2.45, 2.75) is 56.8 Å². The summed E-state index contributed by atoms with van der Waals surface area (Å²) < 4.78 is 0. The van der Waals surface area contributed by atoms with Crippen molar-refractivity contribution in [3.05, 3.63) is 75.8 Å². The molecule has 2 bridgehead atoms. The molecular formula is C22H26N3O3+. The minimum Gasteiger partial charge on any atom is -0.349 e. The number of non-ortho nitro benzene ring substituents is 1. The van der Waals surface area contributed by atoms with Gasteiger partial charge in [-0.25, -0.2) is 0 Å². The zero-order valence-corrected chi connectivity index (χ0v) is 15.8. The van der Waals surface area contributed by atoms with Crippen LogP contribution in [-0.2, 0) is 6.54 Å². The molecule has 2 fully saturated rings. The van der Waals surface area contributed by atoms with Crippen LogP contribution in [0.3, 0.4) is 0 Å². The van der Waals surface area contributed by atoms with Crippen LogP contribution in [0.2, 0.25) is 0 Å². The summed E-state index contributed by atoms with van der Waals surface area (Å²) in [5.41, 5.74) is 1.86. The lowest BCUT2D eigenvalue weighted by Gasteiger charge is -2.46. The average molecular weight is 380 g/mol. The van der Waals surface area contributed by atoms with Crippen molar-refractivity contribution in [3.8, 4) is 0 Å². The number of benzene rings is 2. The van der Waals surface area contributed by atoms with Crippen LogP contribution in [0, 0.1) is 10.1 Å². The number of nitro benzene ring substituents is 1. The third-order valence-electron chi connectivity index (χ3n) is 6.22. The summed E-state index contributed by atoms with van der Waals surface area (Å²) in [4.78, 5) is 24.6. The summed E-state index contributed by atoms with van der Waals surface area (Å²) in [5, 5.41) is 13.9. The van der Waals surface area contributed by atoms with Gasteiger partial charge in [0.15, 0.2) is 0 Å². The SMILES string of the molecule is O=C(NC1C[C@H]2CCC[C@@H](C1)[NH+]2Cc1ccccc1)c1ccc([N+](=O)[O-])cc1. The monoisotopic (exact) mass is 380 g/mol. The maximum absolute atomic E-state index is 12.6. The molecule has 2 N–H and O–H groups in total. The van der Waals surface area contributed by atoms with Crippen LogP contribution in [-0.4, -0.2) is 29.0 Å². The van der Waals surface area contributed by atoms with E-state index in [2.05, 4.69) is 35.6 Å². The Kier molecular flexibility index (Phi) is 5.39. The fraction of sp³-hybridized carbons (Fsp3) is 0.409. The van der Waals surface area contributed by atoms with Crippen LogP contribution in [0.15, 0.2) is 54.6 Å². The van der Waals surface area contributed by atoms with Crippen LogP contribution in [0.5, 0.6) is 0 Å². The lowest BCUT2D eigenvalue weighted by atomic mass is 9.81. The number of carbonyl (C=O) groups is 1. The van der Waals surface area contributed by atoms with E-state index in [1.807, 2.05) is 0 Å². The Morgan fingerprint density at radius 2 is 1.68 bits per heavy atom. The number of quaternary nitrogens is 1. The van der Waals surface area contributed by atoms with E-state index in [0.717, 1.165) is 19.4 Å². The van der Waals surface area contributed by atoms with Gasteiger partial charge in [0.25, 0.3) is 11.6 Å². The number of nitrogens with zero attached hydrogens (tertiary/aromatic N) is 1. The van der Waals surface area contributed by atoms with E-state index in [1.165, 1.54) is 49.1 Å². The second kappa shape index (κ2) is 8.10. The van der Waals surface area contributed by atoms with E-state index in [-0.39, 0.29) is 17.6 Å². The first kappa shape index (κ1) is 18.6. The first-order chi connectivity index (χ1) is 13.6. The van der Waals surface area contributed by atoms with Crippen LogP contribution in [0.4, 0.5) is 5.69 Å². The highest BCUT2D eigenvalue weighted by Gasteiger charge is 2.42. The van der Waals surface area contributed by atoms with Gasteiger partial charge in [-0.15, -0.1) is 0 Å². The molecule has 4 rings (SSSR count). The zero-order chi connectivity index (χ0) is 19.5. The fourth-order valence-electron chi connectivity index (χ4n) is 4.88. The van der Waals surface area contributed by atoms with E-state index in [4.69, 9.17) is 0 Å². The van der Waals surface area contributed by atoms with Gasteiger partial charge in [0, 0.05) is 42.1 Å². The van der Waals surface area contributed by atoms with Crippen molar-refractivity contribution < 1.29 is 14.6 Å². The molecule has 1 amide bonds. The Balaban J connectivity index is 1.39. The van der Waals surface area contributed by atoms with E-state index < -0.39 is 4.92 Å². The molecule has 0 spiro atoms. The van der Waals surface area contributed by atoms with Gasteiger partial charge in [-0.2, -0.15) is 0 Å². The second-order valence-corrected chi connectivity index (χ2v) is 8.01. The Morgan fingerprint density at radius 3 is 2.29 bits per heavy atom. The van der Waals surface area contributed by atoms with Gasteiger partial charge in [0.05, 0.1) is 17.0 Å². The van der Waals surface area contributed by atoms with Crippen molar-refractivity contribution in [2.75, 3.05) is 0 Å². The smallest absolute Gasteiger partial charge is 0.269 e. The summed E-state index contributed by atoms with van der Waals surface area (Å²) in [6.45, 7) is 1.05. The van der Waals surface area contributed by atoms with Gasteiger partial charge >= 0.3 is 0 Å². The lowest BCUT2D eigenvalue weighted by molar-refractivity contribution is -0.973. The predicted molar refractivity (Wildman–Crippen MR) is 106 cm³/mol. The molecule has 28 heavy (non-hydrogen) atoms. The number of nitro groups is 1. The molecule has 6 nitrogen and oxygen atoms in total. The lowest BCUT2D eigenvalue weighted by Crippen LogP contribution is -3.20. The highest BCUT2D eigenvalue weighted by atomic mass is 16.6. The Morgan fingerprint density at radius 1 is 1.04 bits per heavy atom. The standard InChI is InChI=1S/C22H25N3O3/c26-22(17-9-11-19(12-10-17)25(27)28)23-18-13-20-7-4-8-21(14-18)24(20)15-16-5-2-1-3-6-16/h1-3,5-6,9-12,18,20-21H,4,7-8,13-15H2,(H,23,26)/p+1/t18?,20-,21+. The molecule has 2 aliphatic heterocycles. The van der Waals surface area contributed by atoms with Gasteiger partial charge < -0.3 is 10.2 Å². The summed E-state index contributed by atoms with van der Waals surface area (Å²) in [6, 6.07) is 17.8. The number of nitrogens with one attached hydrogen (secondary N) is 2. The number of hydrogen-bond acceptors (Lipinski definition) is 3.